The van der Waals surface area contributed by atoms with Gasteiger partial charge in [0, 0.05) is 17.2 Å². The Bertz CT molecular complexity index is 1310. The molecule has 3 aromatic carbocycles. The molecule has 0 aliphatic carbocycles. The van der Waals surface area contributed by atoms with Gasteiger partial charge in [-0.3, -0.25) is 5.10 Å². The zero-order valence-corrected chi connectivity index (χ0v) is 18.8. The maximum absolute atomic E-state index is 13.2. The molecule has 9 heteroatoms. The third-order valence-electron chi connectivity index (χ3n) is 4.85. The van der Waals surface area contributed by atoms with Gasteiger partial charge in [-0.15, -0.1) is 0 Å². The van der Waals surface area contributed by atoms with Gasteiger partial charge in [-0.25, -0.2) is 9.18 Å². The molecule has 174 valence electrons. The van der Waals surface area contributed by atoms with Crippen LogP contribution in [0.5, 0.6) is 23.0 Å². The predicted molar refractivity (Wildman–Crippen MR) is 124 cm³/mol. The summed E-state index contributed by atoms with van der Waals surface area (Å²) in [5.74, 6) is 0.361. The number of carbonyl (C=O) groups excluding carboxylic acids is 1. The molecule has 0 unspecified atom stereocenters. The van der Waals surface area contributed by atoms with Crippen LogP contribution in [0.1, 0.15) is 22.8 Å². The number of aromatic amines is 1. The first kappa shape index (κ1) is 23.1. The average molecular weight is 483 g/mol. The van der Waals surface area contributed by atoms with Crippen molar-refractivity contribution >= 4 is 17.6 Å². The number of carbonyl (C=O) groups is 1. The van der Waals surface area contributed by atoms with Crippen molar-refractivity contribution in [2.75, 3.05) is 6.61 Å². The topological polar surface area (TPSA) is 93.7 Å². The number of ether oxygens (including phenoxy) is 3. The molecule has 0 saturated heterocycles. The number of hydrogen-bond acceptors (Lipinski definition) is 6. The minimum Gasteiger partial charge on any atom is -0.507 e. The summed E-state index contributed by atoms with van der Waals surface area (Å²) in [5.41, 5.74) is 1.93. The number of nitrogens with zero attached hydrogens (tertiary/aromatic N) is 1. The summed E-state index contributed by atoms with van der Waals surface area (Å²) in [7, 11) is 0. The third kappa shape index (κ3) is 5.29. The number of hydrogen-bond donors (Lipinski definition) is 2. The van der Waals surface area contributed by atoms with E-state index in [1.807, 2.05) is 0 Å². The number of phenolic OH excluding ortho intramolecular Hbond substituents is 1. The molecule has 1 heterocycles. The maximum atomic E-state index is 13.2. The maximum Gasteiger partial charge on any atom is 0.338 e. The van der Waals surface area contributed by atoms with Crippen LogP contribution in [0.25, 0.3) is 11.3 Å². The number of H-pyrrole nitrogens is 1. The van der Waals surface area contributed by atoms with Crippen LogP contribution in [0, 0.1) is 5.82 Å². The van der Waals surface area contributed by atoms with Gasteiger partial charge in [0.05, 0.1) is 23.4 Å². The van der Waals surface area contributed by atoms with E-state index in [2.05, 4.69) is 10.2 Å². The Morgan fingerprint density at radius 2 is 1.85 bits per heavy atom. The van der Waals surface area contributed by atoms with E-state index >= 15 is 0 Å². The van der Waals surface area contributed by atoms with E-state index in [-0.39, 0.29) is 17.4 Å². The predicted octanol–water partition coefficient (Wildman–Crippen LogP) is 6.12. The molecule has 4 aromatic rings. The van der Waals surface area contributed by atoms with Crippen LogP contribution in [0.15, 0.2) is 66.9 Å². The number of aromatic hydroxyl groups is 1. The molecule has 4 rings (SSSR count). The van der Waals surface area contributed by atoms with Crippen LogP contribution in [0.4, 0.5) is 4.39 Å². The number of esters is 1. The molecule has 0 aliphatic rings. The first-order valence-corrected chi connectivity index (χ1v) is 10.7. The molecule has 2 N–H and O–H groups in total. The minimum atomic E-state index is -0.428. The standard InChI is InChI=1S/C25H20ClFN2O5/c1-2-32-25(31)15-4-7-18(8-5-15)34-23-13-28-29-24(23)20-10-9-19(12-22(20)30)33-14-16-3-6-17(27)11-21(16)26/h3-13,30H,2,14H2,1H3,(H,28,29). The molecule has 1 aromatic heterocycles. The van der Waals surface area contributed by atoms with E-state index in [0.717, 1.165) is 0 Å². The molecule has 0 aliphatic heterocycles. The Morgan fingerprint density at radius 3 is 2.56 bits per heavy atom. The lowest BCUT2D eigenvalue weighted by Gasteiger charge is -2.11. The molecule has 0 saturated carbocycles. The first-order valence-electron chi connectivity index (χ1n) is 10.3. The molecule has 0 bridgehead atoms. The van der Waals surface area contributed by atoms with Crippen molar-refractivity contribution in [2.24, 2.45) is 0 Å². The van der Waals surface area contributed by atoms with Gasteiger partial charge < -0.3 is 19.3 Å². The summed E-state index contributed by atoms with van der Waals surface area (Å²) in [6.45, 7) is 2.14. The van der Waals surface area contributed by atoms with Gasteiger partial charge in [-0.2, -0.15) is 5.10 Å². The monoisotopic (exact) mass is 482 g/mol. The number of rotatable bonds is 8. The van der Waals surface area contributed by atoms with Crippen molar-refractivity contribution in [1.82, 2.24) is 10.2 Å². The SMILES string of the molecule is CCOC(=O)c1ccc(Oc2cn[nH]c2-c2ccc(OCc3ccc(F)cc3Cl)cc2O)cc1. The second-order valence-corrected chi connectivity index (χ2v) is 7.57. The Balaban J connectivity index is 1.47. The summed E-state index contributed by atoms with van der Waals surface area (Å²) >= 11 is 6.02. The van der Waals surface area contributed by atoms with E-state index in [4.69, 9.17) is 25.8 Å². The summed E-state index contributed by atoms with van der Waals surface area (Å²) in [6, 6.07) is 15.3. The van der Waals surface area contributed by atoms with E-state index < -0.39 is 11.8 Å². The molecule has 0 amide bonds. The summed E-state index contributed by atoms with van der Waals surface area (Å²) in [4.78, 5) is 11.8. The van der Waals surface area contributed by atoms with Crippen LogP contribution >= 0.6 is 11.6 Å². The second kappa shape index (κ2) is 10.3. The minimum absolute atomic E-state index is 0.0607. The zero-order chi connectivity index (χ0) is 24.1. The van der Waals surface area contributed by atoms with Crippen molar-refractivity contribution in [3.8, 4) is 34.3 Å². The fourth-order valence-electron chi connectivity index (χ4n) is 3.16. The van der Waals surface area contributed by atoms with Crippen molar-refractivity contribution in [3.05, 3.63) is 88.8 Å². The number of nitrogens with one attached hydrogen (secondary N) is 1. The van der Waals surface area contributed by atoms with Crippen molar-refractivity contribution in [3.63, 3.8) is 0 Å². The highest BCUT2D eigenvalue weighted by Gasteiger charge is 2.15. The van der Waals surface area contributed by atoms with Crippen LogP contribution < -0.4 is 9.47 Å². The Morgan fingerprint density at radius 1 is 1.09 bits per heavy atom. The van der Waals surface area contributed by atoms with Crippen LogP contribution in [0.2, 0.25) is 5.02 Å². The first-order chi connectivity index (χ1) is 16.4. The van der Waals surface area contributed by atoms with E-state index in [1.165, 1.54) is 24.4 Å². The van der Waals surface area contributed by atoms with Gasteiger partial charge in [0.15, 0.2) is 5.75 Å². The fraction of sp³-hybridized carbons (Fsp3) is 0.120. The Hall–Kier alpha value is -4.04. The Labute approximate surface area is 199 Å². The molecule has 0 fully saturated rings. The molecule has 0 radical (unpaired) electrons. The fourth-order valence-corrected chi connectivity index (χ4v) is 3.38. The average Bonchev–Trinajstić information content (AvgIpc) is 3.27. The van der Waals surface area contributed by atoms with Crippen molar-refractivity contribution < 1.29 is 28.5 Å². The Kier molecular flexibility index (Phi) is 6.98. The highest BCUT2D eigenvalue weighted by Crippen LogP contribution is 2.38. The van der Waals surface area contributed by atoms with Gasteiger partial charge in [0.1, 0.15) is 35.4 Å². The van der Waals surface area contributed by atoms with Gasteiger partial charge in [0.25, 0.3) is 0 Å². The van der Waals surface area contributed by atoms with Crippen LogP contribution in [-0.2, 0) is 11.3 Å². The summed E-state index contributed by atoms with van der Waals surface area (Å²) < 4.78 is 29.7. The highest BCUT2D eigenvalue weighted by atomic mass is 35.5. The normalized spacial score (nSPS) is 10.7. The second-order valence-electron chi connectivity index (χ2n) is 7.16. The number of phenols is 1. The summed E-state index contributed by atoms with van der Waals surface area (Å²) in [6.07, 6.45) is 1.48. The van der Waals surface area contributed by atoms with Gasteiger partial charge in [0.2, 0.25) is 0 Å². The highest BCUT2D eigenvalue weighted by molar-refractivity contribution is 6.31. The molecular formula is C25H20ClFN2O5. The smallest absolute Gasteiger partial charge is 0.338 e. The van der Waals surface area contributed by atoms with Crippen LogP contribution in [0.3, 0.4) is 0 Å². The quantitative estimate of drug-likeness (QED) is 0.294. The van der Waals surface area contributed by atoms with Gasteiger partial charge >= 0.3 is 5.97 Å². The largest absolute Gasteiger partial charge is 0.507 e. The number of benzene rings is 3. The lowest BCUT2D eigenvalue weighted by atomic mass is 10.1. The van der Waals surface area contributed by atoms with E-state index in [1.54, 1.807) is 49.4 Å². The zero-order valence-electron chi connectivity index (χ0n) is 18.0. The molecule has 0 spiro atoms. The van der Waals surface area contributed by atoms with Crippen LogP contribution in [-0.4, -0.2) is 27.9 Å². The van der Waals surface area contributed by atoms with E-state index in [9.17, 15) is 14.3 Å². The molecular weight excluding hydrogens is 463 g/mol. The van der Waals surface area contributed by atoms with Crippen molar-refractivity contribution in [1.29, 1.82) is 0 Å². The van der Waals surface area contributed by atoms with Crippen molar-refractivity contribution in [2.45, 2.75) is 13.5 Å². The molecule has 34 heavy (non-hydrogen) atoms. The molecule has 0 atom stereocenters. The molecule has 7 nitrogen and oxygen atoms in total. The number of halogens is 2. The summed E-state index contributed by atoms with van der Waals surface area (Å²) in [5, 5.41) is 17.7. The van der Waals surface area contributed by atoms with Gasteiger partial charge in [-0.05, 0) is 55.5 Å². The third-order valence-corrected chi connectivity index (χ3v) is 5.20. The van der Waals surface area contributed by atoms with Gasteiger partial charge in [-0.1, -0.05) is 17.7 Å². The van der Waals surface area contributed by atoms with E-state index in [0.29, 0.717) is 46.2 Å². The number of aromatic nitrogens is 2. The lowest BCUT2D eigenvalue weighted by molar-refractivity contribution is 0.0526. The lowest BCUT2D eigenvalue weighted by Crippen LogP contribution is -2.04.